The van der Waals surface area contributed by atoms with Gasteiger partial charge in [-0.15, -0.1) is 0 Å². The summed E-state index contributed by atoms with van der Waals surface area (Å²) >= 11 is 5.97. The minimum absolute atomic E-state index is 0.0340. The van der Waals surface area contributed by atoms with E-state index in [1.807, 2.05) is 0 Å². The van der Waals surface area contributed by atoms with E-state index in [0.29, 0.717) is 12.2 Å². The van der Waals surface area contributed by atoms with E-state index in [1.165, 1.54) is 0 Å². The van der Waals surface area contributed by atoms with Crippen molar-refractivity contribution in [3.05, 3.63) is 29.0 Å². The Morgan fingerprint density at radius 3 is 3.05 bits per heavy atom. The molecule has 112 valence electrons. The highest BCUT2D eigenvalue weighted by Crippen LogP contribution is 2.28. The molecule has 1 heterocycles. The normalized spacial score (nSPS) is 19.7. The molecule has 1 aromatic rings. The number of pyridine rings is 1. The van der Waals surface area contributed by atoms with Gasteiger partial charge < -0.3 is 4.74 Å². The van der Waals surface area contributed by atoms with E-state index in [2.05, 4.69) is 9.98 Å². The molecule has 6 heteroatoms. The number of aliphatic imine (C=N–C) groups is 1. The van der Waals surface area contributed by atoms with Crippen LogP contribution >= 0.6 is 11.6 Å². The van der Waals surface area contributed by atoms with Crippen molar-refractivity contribution in [3.8, 4) is 0 Å². The van der Waals surface area contributed by atoms with Gasteiger partial charge in [-0.1, -0.05) is 11.6 Å². The number of hydrogen-bond acceptors (Lipinski definition) is 5. The Morgan fingerprint density at radius 1 is 1.52 bits per heavy atom. The number of halogens is 1. The summed E-state index contributed by atoms with van der Waals surface area (Å²) in [7, 11) is 0. The molecule has 1 saturated carbocycles. The largest absolute Gasteiger partial charge is 0.465 e. The third kappa shape index (κ3) is 3.88. The van der Waals surface area contributed by atoms with Gasteiger partial charge in [0, 0.05) is 11.9 Å². The highest BCUT2D eigenvalue weighted by molar-refractivity contribution is 6.33. The molecular weight excluding hydrogens is 292 g/mol. The summed E-state index contributed by atoms with van der Waals surface area (Å²) < 4.78 is 4.84. The molecule has 1 unspecified atom stereocenters. The van der Waals surface area contributed by atoms with Gasteiger partial charge in [-0.05, 0) is 38.3 Å². The van der Waals surface area contributed by atoms with Gasteiger partial charge in [0.25, 0.3) is 0 Å². The minimum Gasteiger partial charge on any atom is -0.465 e. The van der Waals surface area contributed by atoms with Gasteiger partial charge in [0.2, 0.25) is 0 Å². The Hall–Kier alpha value is -1.75. The van der Waals surface area contributed by atoms with Crippen LogP contribution in [0.15, 0.2) is 23.3 Å². The molecular formula is C15H17ClN2O3. The molecule has 1 aliphatic carbocycles. The van der Waals surface area contributed by atoms with Crippen LogP contribution in [-0.4, -0.2) is 35.6 Å². The predicted octanol–water partition coefficient (Wildman–Crippen LogP) is 2.72. The zero-order valence-electron chi connectivity index (χ0n) is 11.8. The second kappa shape index (κ2) is 7.31. The second-order valence-corrected chi connectivity index (χ2v) is 5.12. The molecule has 0 spiro atoms. The number of carbonyl (C=O) groups is 2. The Kier molecular flexibility index (Phi) is 5.44. The van der Waals surface area contributed by atoms with Gasteiger partial charge >= 0.3 is 5.97 Å². The molecule has 2 rings (SSSR count). The lowest BCUT2D eigenvalue weighted by Gasteiger charge is -2.11. The summed E-state index contributed by atoms with van der Waals surface area (Å²) in [6, 6.07) is 3.35. The molecule has 21 heavy (non-hydrogen) atoms. The Bertz CT molecular complexity index is 572. The first-order valence-corrected chi connectivity index (χ1v) is 7.34. The molecule has 1 atom stereocenters. The molecule has 0 radical (unpaired) electrons. The number of nitrogens with zero attached hydrogens (tertiary/aromatic N) is 2. The van der Waals surface area contributed by atoms with Crippen LogP contribution in [0.25, 0.3) is 0 Å². The van der Waals surface area contributed by atoms with Crippen molar-refractivity contribution in [1.29, 1.82) is 0 Å². The van der Waals surface area contributed by atoms with Gasteiger partial charge in [-0.3, -0.25) is 14.6 Å². The Labute approximate surface area is 128 Å². The SMILES string of the molecule is CCOC(=O)CN=C1CCCC1C(=O)c1cccnc1Cl. The van der Waals surface area contributed by atoms with Gasteiger partial charge in [0.05, 0.1) is 18.1 Å². The van der Waals surface area contributed by atoms with E-state index < -0.39 is 0 Å². The molecule has 0 saturated heterocycles. The molecule has 0 aromatic carbocycles. The highest BCUT2D eigenvalue weighted by Gasteiger charge is 2.31. The van der Waals surface area contributed by atoms with Gasteiger partial charge in [0.15, 0.2) is 5.78 Å². The first-order valence-electron chi connectivity index (χ1n) is 6.97. The van der Waals surface area contributed by atoms with Gasteiger partial charge in [-0.2, -0.15) is 0 Å². The average Bonchev–Trinajstić information content (AvgIpc) is 2.93. The smallest absolute Gasteiger partial charge is 0.327 e. The lowest BCUT2D eigenvalue weighted by Crippen LogP contribution is -2.21. The van der Waals surface area contributed by atoms with Crippen LogP contribution in [0, 0.1) is 5.92 Å². The zero-order valence-corrected chi connectivity index (χ0v) is 12.6. The zero-order chi connectivity index (χ0) is 15.2. The first-order chi connectivity index (χ1) is 10.1. The summed E-state index contributed by atoms with van der Waals surface area (Å²) in [6.07, 6.45) is 3.89. The van der Waals surface area contributed by atoms with Crippen molar-refractivity contribution in [1.82, 2.24) is 4.98 Å². The van der Waals surface area contributed by atoms with Crippen LogP contribution in [0.3, 0.4) is 0 Å². The predicted molar refractivity (Wildman–Crippen MR) is 79.9 cm³/mol. The number of hydrogen-bond donors (Lipinski definition) is 0. The molecule has 0 bridgehead atoms. The quantitative estimate of drug-likeness (QED) is 0.476. The fraction of sp³-hybridized carbons (Fsp3) is 0.467. The van der Waals surface area contributed by atoms with Crippen LogP contribution < -0.4 is 0 Å². The number of esters is 1. The summed E-state index contributed by atoms with van der Waals surface area (Å²) in [4.78, 5) is 32.1. The molecule has 1 aromatic heterocycles. The third-order valence-corrected chi connectivity index (χ3v) is 3.69. The average molecular weight is 309 g/mol. The number of Topliss-reactive ketones (excluding diaryl/α,β-unsaturated/α-hetero) is 1. The molecule has 5 nitrogen and oxygen atoms in total. The van der Waals surface area contributed by atoms with E-state index in [1.54, 1.807) is 25.3 Å². The lowest BCUT2D eigenvalue weighted by atomic mass is 9.96. The van der Waals surface area contributed by atoms with E-state index in [4.69, 9.17) is 16.3 Å². The van der Waals surface area contributed by atoms with Gasteiger partial charge in [0.1, 0.15) is 11.7 Å². The van der Waals surface area contributed by atoms with Crippen molar-refractivity contribution >= 4 is 29.1 Å². The standard InChI is InChI=1S/C15H17ClN2O3/c1-2-21-13(19)9-18-12-7-3-5-10(12)14(20)11-6-4-8-17-15(11)16/h4,6,8,10H,2-3,5,7,9H2,1H3. The first kappa shape index (κ1) is 15.6. The minimum atomic E-state index is -0.373. The van der Waals surface area contributed by atoms with Crippen LogP contribution in [0.4, 0.5) is 0 Å². The van der Waals surface area contributed by atoms with Gasteiger partial charge in [-0.25, -0.2) is 4.98 Å². The summed E-state index contributed by atoms with van der Waals surface area (Å²) in [5.41, 5.74) is 1.17. The summed E-state index contributed by atoms with van der Waals surface area (Å²) in [6.45, 7) is 2.04. The molecule has 0 aliphatic heterocycles. The van der Waals surface area contributed by atoms with Crippen LogP contribution in [0.2, 0.25) is 5.15 Å². The summed E-state index contributed by atoms with van der Waals surface area (Å²) in [5.74, 6) is -0.753. The fourth-order valence-electron chi connectivity index (χ4n) is 2.43. The maximum atomic E-state index is 12.5. The number of ketones is 1. The van der Waals surface area contributed by atoms with Crippen LogP contribution in [-0.2, 0) is 9.53 Å². The summed E-state index contributed by atoms with van der Waals surface area (Å²) in [5, 5.41) is 0.208. The maximum absolute atomic E-state index is 12.5. The fourth-order valence-corrected chi connectivity index (χ4v) is 2.64. The Balaban J connectivity index is 2.11. The van der Waals surface area contributed by atoms with Crippen molar-refractivity contribution in [2.24, 2.45) is 10.9 Å². The van der Waals surface area contributed by atoms with E-state index in [-0.39, 0.29) is 29.4 Å². The second-order valence-electron chi connectivity index (χ2n) is 4.76. The maximum Gasteiger partial charge on any atom is 0.327 e. The van der Waals surface area contributed by atoms with Crippen molar-refractivity contribution in [2.75, 3.05) is 13.2 Å². The molecule has 1 aliphatic rings. The molecule has 0 amide bonds. The number of aromatic nitrogens is 1. The van der Waals surface area contributed by atoms with E-state index >= 15 is 0 Å². The van der Waals surface area contributed by atoms with Crippen LogP contribution in [0.1, 0.15) is 36.5 Å². The topological polar surface area (TPSA) is 68.6 Å². The Morgan fingerprint density at radius 2 is 2.33 bits per heavy atom. The van der Waals surface area contributed by atoms with Crippen molar-refractivity contribution in [3.63, 3.8) is 0 Å². The third-order valence-electron chi connectivity index (χ3n) is 3.39. The molecule has 1 fully saturated rings. The highest BCUT2D eigenvalue weighted by atomic mass is 35.5. The van der Waals surface area contributed by atoms with Crippen molar-refractivity contribution < 1.29 is 14.3 Å². The lowest BCUT2D eigenvalue weighted by molar-refractivity contribution is -0.141. The monoisotopic (exact) mass is 308 g/mol. The number of rotatable bonds is 5. The number of carbonyl (C=O) groups excluding carboxylic acids is 2. The van der Waals surface area contributed by atoms with Crippen molar-refractivity contribution in [2.45, 2.75) is 26.2 Å². The van der Waals surface area contributed by atoms with E-state index in [0.717, 1.165) is 25.0 Å². The van der Waals surface area contributed by atoms with Crippen LogP contribution in [0.5, 0.6) is 0 Å². The van der Waals surface area contributed by atoms with E-state index in [9.17, 15) is 9.59 Å². The number of ether oxygens (including phenoxy) is 1. The molecule has 0 N–H and O–H groups in total.